The van der Waals surface area contributed by atoms with Crippen molar-refractivity contribution in [2.24, 2.45) is 17.8 Å². The fourth-order valence-corrected chi connectivity index (χ4v) is 3.19. The Bertz CT molecular complexity index is 411. The molecule has 0 aromatic heterocycles. The standard InChI is InChI=1S/C17H30FNO2S/c1-4-10-19(11-5-12-22(20)21)17-8-6-16(7-9-17)15(3)14(2)13-18/h6,8-9,14-16H,4-5,7,10-13H2,1-3H3,(H,20,21)/p-1/t14-,15+,16+/m1/s1. The predicted octanol–water partition coefficient (Wildman–Crippen LogP) is 3.67. The molecule has 22 heavy (non-hydrogen) atoms. The van der Waals surface area contributed by atoms with Crippen molar-refractivity contribution in [1.29, 1.82) is 0 Å². The van der Waals surface area contributed by atoms with E-state index in [1.165, 1.54) is 5.70 Å². The van der Waals surface area contributed by atoms with Crippen LogP contribution >= 0.6 is 0 Å². The molecule has 0 fully saturated rings. The Morgan fingerprint density at radius 2 is 2.18 bits per heavy atom. The largest absolute Gasteiger partial charge is 0.772 e. The SMILES string of the molecule is CCCN(CCCS(=O)[O-])C1=CC[C@@H]([C@@H](C)[C@H](C)CF)C=C1. The van der Waals surface area contributed by atoms with Gasteiger partial charge in [0, 0.05) is 24.5 Å². The monoisotopic (exact) mass is 330 g/mol. The van der Waals surface area contributed by atoms with Crippen molar-refractivity contribution in [3.63, 3.8) is 0 Å². The smallest absolute Gasteiger partial charge is 0.0922 e. The second-order valence-corrected chi connectivity index (χ2v) is 7.24. The average molecular weight is 330 g/mol. The van der Waals surface area contributed by atoms with Crippen molar-refractivity contribution in [2.45, 2.75) is 40.0 Å². The van der Waals surface area contributed by atoms with Gasteiger partial charge in [-0.25, -0.2) is 0 Å². The minimum atomic E-state index is -1.96. The van der Waals surface area contributed by atoms with E-state index in [2.05, 4.69) is 37.0 Å². The molecule has 0 aliphatic heterocycles. The van der Waals surface area contributed by atoms with E-state index in [0.717, 1.165) is 25.9 Å². The van der Waals surface area contributed by atoms with Crippen LogP contribution in [0.15, 0.2) is 23.9 Å². The van der Waals surface area contributed by atoms with Crippen LogP contribution in [-0.4, -0.2) is 39.2 Å². The van der Waals surface area contributed by atoms with E-state index in [0.29, 0.717) is 18.3 Å². The van der Waals surface area contributed by atoms with E-state index >= 15 is 0 Å². The zero-order valence-corrected chi connectivity index (χ0v) is 14.8. The second kappa shape index (κ2) is 10.2. The Hall–Kier alpha value is -0.680. The molecule has 128 valence electrons. The summed E-state index contributed by atoms with van der Waals surface area (Å²) in [4.78, 5) is 2.25. The third-order valence-electron chi connectivity index (χ3n) is 4.53. The zero-order valence-electron chi connectivity index (χ0n) is 14.0. The molecule has 4 atom stereocenters. The van der Waals surface area contributed by atoms with Gasteiger partial charge in [0.2, 0.25) is 0 Å². The zero-order chi connectivity index (χ0) is 16.5. The van der Waals surface area contributed by atoms with Crippen molar-refractivity contribution in [2.75, 3.05) is 25.5 Å². The molecule has 0 saturated heterocycles. The third-order valence-corrected chi connectivity index (χ3v) is 5.15. The van der Waals surface area contributed by atoms with Crippen LogP contribution in [0.4, 0.5) is 4.39 Å². The first-order valence-corrected chi connectivity index (χ1v) is 9.49. The molecule has 1 unspecified atom stereocenters. The maximum Gasteiger partial charge on any atom is 0.0922 e. The Morgan fingerprint density at radius 1 is 1.45 bits per heavy atom. The fourth-order valence-electron chi connectivity index (χ4n) is 2.83. The highest BCUT2D eigenvalue weighted by Crippen LogP contribution is 2.30. The number of hydrogen-bond donors (Lipinski definition) is 0. The molecule has 3 nitrogen and oxygen atoms in total. The van der Waals surface area contributed by atoms with E-state index in [-0.39, 0.29) is 18.3 Å². The minimum absolute atomic E-state index is 0.0865. The van der Waals surface area contributed by atoms with Gasteiger partial charge < -0.3 is 9.45 Å². The molecule has 0 aromatic rings. The summed E-state index contributed by atoms with van der Waals surface area (Å²) in [6.07, 6.45) is 9.16. The maximum atomic E-state index is 12.8. The highest BCUT2D eigenvalue weighted by molar-refractivity contribution is 7.79. The molecule has 0 amide bonds. The summed E-state index contributed by atoms with van der Waals surface area (Å²) in [6, 6.07) is 0. The van der Waals surface area contributed by atoms with Crippen molar-refractivity contribution in [1.82, 2.24) is 4.90 Å². The summed E-state index contributed by atoms with van der Waals surface area (Å²) in [5.41, 5.74) is 1.18. The summed E-state index contributed by atoms with van der Waals surface area (Å²) in [5, 5.41) is 0. The van der Waals surface area contributed by atoms with Crippen molar-refractivity contribution >= 4 is 11.1 Å². The number of hydrogen-bond acceptors (Lipinski definition) is 3. The molecule has 0 bridgehead atoms. The van der Waals surface area contributed by atoms with Gasteiger partial charge in [0.15, 0.2) is 0 Å². The Labute approximate surface area is 136 Å². The van der Waals surface area contributed by atoms with Gasteiger partial charge in [-0.05, 0) is 43.1 Å². The number of allylic oxidation sites excluding steroid dienone is 3. The predicted molar refractivity (Wildman–Crippen MR) is 89.9 cm³/mol. The molecule has 0 heterocycles. The van der Waals surface area contributed by atoms with Crippen LogP contribution in [-0.2, 0) is 11.1 Å². The van der Waals surface area contributed by atoms with Crippen molar-refractivity contribution in [3.8, 4) is 0 Å². The molecule has 1 rings (SSSR count). The van der Waals surface area contributed by atoms with Crippen molar-refractivity contribution < 1.29 is 13.2 Å². The summed E-state index contributed by atoms with van der Waals surface area (Å²) in [7, 11) is 0. The highest BCUT2D eigenvalue weighted by Gasteiger charge is 2.22. The molecule has 0 aromatic carbocycles. The fraction of sp³-hybridized carbons (Fsp3) is 0.765. The van der Waals surface area contributed by atoms with Gasteiger partial charge in [-0.15, -0.1) is 0 Å². The van der Waals surface area contributed by atoms with Gasteiger partial charge in [-0.2, -0.15) is 0 Å². The first-order chi connectivity index (χ1) is 10.5. The lowest BCUT2D eigenvalue weighted by Gasteiger charge is -2.31. The van der Waals surface area contributed by atoms with E-state index in [1.807, 2.05) is 6.92 Å². The van der Waals surface area contributed by atoms with E-state index < -0.39 is 11.1 Å². The van der Waals surface area contributed by atoms with Crippen LogP contribution in [0, 0.1) is 17.8 Å². The lowest BCUT2D eigenvalue weighted by molar-refractivity contribution is 0.245. The summed E-state index contributed by atoms with van der Waals surface area (Å²) in [5.74, 6) is 1.03. The van der Waals surface area contributed by atoms with E-state index in [9.17, 15) is 13.2 Å². The highest BCUT2D eigenvalue weighted by atomic mass is 32.2. The van der Waals surface area contributed by atoms with Crippen LogP contribution in [0.2, 0.25) is 0 Å². The first-order valence-electron chi connectivity index (χ1n) is 8.24. The van der Waals surface area contributed by atoms with E-state index in [4.69, 9.17) is 0 Å². The lowest BCUT2D eigenvalue weighted by Crippen LogP contribution is -2.27. The number of halogens is 1. The summed E-state index contributed by atoms with van der Waals surface area (Å²) >= 11 is -1.96. The molecule has 0 N–H and O–H groups in total. The Morgan fingerprint density at radius 3 is 2.68 bits per heavy atom. The van der Waals surface area contributed by atoms with Gasteiger partial charge in [-0.1, -0.05) is 44.0 Å². The van der Waals surface area contributed by atoms with Crippen LogP contribution in [0.25, 0.3) is 0 Å². The molecule has 1 aliphatic rings. The summed E-state index contributed by atoms with van der Waals surface area (Å²) < 4.78 is 34.1. The number of rotatable bonds is 10. The van der Waals surface area contributed by atoms with E-state index in [1.54, 1.807) is 0 Å². The van der Waals surface area contributed by atoms with Gasteiger partial charge in [0.05, 0.1) is 6.67 Å². The molecule has 5 heteroatoms. The molecule has 0 radical (unpaired) electrons. The van der Waals surface area contributed by atoms with Gasteiger partial charge >= 0.3 is 0 Å². The number of nitrogens with zero attached hydrogens (tertiary/aromatic N) is 1. The quantitative estimate of drug-likeness (QED) is 0.574. The number of alkyl halides is 1. The van der Waals surface area contributed by atoms with Crippen molar-refractivity contribution in [3.05, 3.63) is 23.9 Å². The summed E-state index contributed by atoms with van der Waals surface area (Å²) in [6.45, 7) is 7.63. The van der Waals surface area contributed by atoms with Gasteiger partial charge in [0.25, 0.3) is 0 Å². The average Bonchev–Trinajstić information content (AvgIpc) is 2.52. The molecule has 0 saturated carbocycles. The molecular formula is C17H29FNO2S-. The van der Waals surface area contributed by atoms with Crippen LogP contribution in [0.3, 0.4) is 0 Å². The lowest BCUT2D eigenvalue weighted by atomic mass is 9.80. The topological polar surface area (TPSA) is 43.4 Å². The second-order valence-electron chi connectivity index (χ2n) is 6.23. The normalized spacial score (nSPS) is 22.0. The third kappa shape index (κ3) is 6.21. The molecular weight excluding hydrogens is 301 g/mol. The minimum Gasteiger partial charge on any atom is -0.772 e. The maximum absolute atomic E-state index is 12.8. The van der Waals surface area contributed by atoms with Gasteiger partial charge in [0.1, 0.15) is 0 Å². The Kier molecular flexibility index (Phi) is 8.95. The van der Waals surface area contributed by atoms with Crippen LogP contribution in [0.5, 0.6) is 0 Å². The van der Waals surface area contributed by atoms with Crippen LogP contribution < -0.4 is 0 Å². The molecule has 0 spiro atoms. The Balaban J connectivity index is 2.58. The molecule has 1 aliphatic carbocycles. The van der Waals surface area contributed by atoms with Gasteiger partial charge in [-0.3, -0.25) is 8.60 Å². The first kappa shape index (κ1) is 19.4. The van der Waals surface area contributed by atoms with Crippen LogP contribution in [0.1, 0.15) is 40.0 Å².